The largest absolute Gasteiger partial charge is 0.455 e. The molecule has 0 aromatic carbocycles. The van der Waals surface area contributed by atoms with Crippen molar-refractivity contribution in [2.75, 3.05) is 13.2 Å². The predicted octanol–water partition coefficient (Wildman–Crippen LogP) is 4.51. The molecule has 2 nitrogen and oxygen atoms in total. The van der Waals surface area contributed by atoms with E-state index in [0.29, 0.717) is 0 Å². The molecule has 0 unspecified atom stereocenters. The molecule has 0 bridgehead atoms. The third-order valence-electron chi connectivity index (χ3n) is 2.59. The molecule has 0 aliphatic rings. The molecule has 0 N–H and O–H groups in total. The van der Waals surface area contributed by atoms with Gasteiger partial charge in [-0.05, 0) is 12.6 Å². The Morgan fingerprint density at radius 3 is 1.14 bits per heavy atom. The van der Waals surface area contributed by atoms with E-state index < -0.39 is 52.0 Å². The summed E-state index contributed by atoms with van der Waals surface area (Å²) >= 11 is 0. The van der Waals surface area contributed by atoms with Crippen molar-refractivity contribution < 1.29 is 52.8 Å². The third-order valence-corrected chi connectivity index (χ3v) is 5.38. The van der Waals surface area contributed by atoms with Crippen molar-refractivity contribution in [1.82, 2.24) is 0 Å². The summed E-state index contributed by atoms with van der Waals surface area (Å²) < 4.78 is 131. The summed E-state index contributed by atoms with van der Waals surface area (Å²) in [6.45, 7) is -2.48. The van der Waals surface area contributed by atoms with Crippen LogP contribution in [0.15, 0.2) is 0 Å². The highest BCUT2D eigenvalue weighted by molar-refractivity contribution is 6.65. The fourth-order valence-electron chi connectivity index (χ4n) is 0.896. The molecule has 0 radical (unpaired) electrons. The van der Waals surface area contributed by atoms with Crippen molar-refractivity contribution >= 4 is 8.56 Å². The molecule has 0 atom stereocenters. The number of rotatable bonds is 7. The van der Waals surface area contributed by atoms with Gasteiger partial charge in [-0.1, -0.05) is 6.92 Å². The van der Waals surface area contributed by atoms with Crippen LogP contribution in [0.25, 0.3) is 0 Å². The Bertz CT molecular complexity index is 334. The standard InChI is InChI=1S/C9H12F10O2Si/c1-3-22(2,20-4-6(10,11)8(14,15)16)21-5-7(12,13)9(17,18)19/h3-5H2,1-2H3. The molecular formula is C9H12F10O2Si. The highest BCUT2D eigenvalue weighted by Gasteiger charge is 2.60. The number of halogens is 10. The van der Waals surface area contributed by atoms with Crippen LogP contribution in [-0.2, 0) is 8.85 Å². The highest BCUT2D eigenvalue weighted by atomic mass is 28.4. The van der Waals surface area contributed by atoms with Gasteiger partial charge in [-0.3, -0.25) is 0 Å². The van der Waals surface area contributed by atoms with E-state index in [1.807, 2.05) is 0 Å². The lowest BCUT2D eigenvalue weighted by atomic mass is 10.3. The predicted molar refractivity (Wildman–Crippen MR) is 56.0 cm³/mol. The summed E-state index contributed by atoms with van der Waals surface area (Å²) in [7, 11) is -4.06. The topological polar surface area (TPSA) is 18.5 Å². The van der Waals surface area contributed by atoms with Gasteiger partial charge < -0.3 is 8.85 Å². The zero-order valence-electron chi connectivity index (χ0n) is 11.2. The maximum absolute atomic E-state index is 12.6. The summed E-state index contributed by atoms with van der Waals surface area (Å²) in [4.78, 5) is 0. The Labute approximate surface area is 119 Å². The van der Waals surface area contributed by atoms with Gasteiger partial charge in [0, 0.05) is 0 Å². The Hall–Kier alpha value is -0.563. The van der Waals surface area contributed by atoms with Crippen molar-refractivity contribution in [3.63, 3.8) is 0 Å². The normalized spacial score (nSPS) is 15.3. The van der Waals surface area contributed by atoms with Crippen LogP contribution in [0.5, 0.6) is 0 Å². The first-order valence-corrected chi connectivity index (χ1v) is 8.17. The maximum Gasteiger partial charge on any atom is 0.455 e. The Morgan fingerprint density at radius 2 is 0.955 bits per heavy atom. The van der Waals surface area contributed by atoms with Gasteiger partial charge >= 0.3 is 32.8 Å². The van der Waals surface area contributed by atoms with Gasteiger partial charge in [0.1, 0.15) is 13.2 Å². The minimum Gasteiger partial charge on any atom is -0.388 e. The lowest BCUT2D eigenvalue weighted by Crippen LogP contribution is -2.50. The van der Waals surface area contributed by atoms with Crippen molar-refractivity contribution in [3.8, 4) is 0 Å². The van der Waals surface area contributed by atoms with Crippen LogP contribution in [-0.4, -0.2) is 46.0 Å². The second-order valence-electron chi connectivity index (χ2n) is 4.47. The molecule has 0 fully saturated rings. The lowest BCUT2D eigenvalue weighted by molar-refractivity contribution is -0.296. The van der Waals surface area contributed by atoms with Gasteiger partial charge in [0.05, 0.1) is 0 Å². The molecule has 0 aromatic heterocycles. The van der Waals surface area contributed by atoms with Crippen LogP contribution >= 0.6 is 0 Å². The van der Waals surface area contributed by atoms with Gasteiger partial charge in [0.15, 0.2) is 0 Å². The minimum atomic E-state index is -5.94. The molecule has 0 aromatic rings. The molecule has 134 valence electrons. The van der Waals surface area contributed by atoms with Gasteiger partial charge in [-0.25, -0.2) is 0 Å². The first-order chi connectivity index (χ1) is 9.47. The van der Waals surface area contributed by atoms with Gasteiger partial charge in [0.2, 0.25) is 0 Å². The van der Waals surface area contributed by atoms with Crippen LogP contribution in [0.4, 0.5) is 43.9 Å². The molecule has 13 heteroatoms. The van der Waals surface area contributed by atoms with Crippen molar-refractivity contribution in [2.24, 2.45) is 0 Å². The van der Waals surface area contributed by atoms with E-state index in [1.165, 1.54) is 0 Å². The fourth-order valence-corrected chi connectivity index (χ4v) is 2.36. The van der Waals surface area contributed by atoms with E-state index in [9.17, 15) is 43.9 Å². The van der Waals surface area contributed by atoms with Crippen LogP contribution in [0.3, 0.4) is 0 Å². The van der Waals surface area contributed by atoms with E-state index >= 15 is 0 Å². The van der Waals surface area contributed by atoms with E-state index in [2.05, 4.69) is 8.85 Å². The summed E-state index contributed by atoms with van der Waals surface area (Å²) in [5.74, 6) is -10.5. The summed E-state index contributed by atoms with van der Waals surface area (Å²) in [6, 6.07) is -0.408. The SMILES string of the molecule is CC[Si](C)(OCC(F)(F)C(F)(F)F)OCC(F)(F)C(F)(F)F. The number of alkyl halides is 10. The molecule has 0 spiro atoms. The second kappa shape index (κ2) is 6.51. The van der Waals surface area contributed by atoms with Crippen LogP contribution in [0.1, 0.15) is 6.92 Å². The quantitative estimate of drug-likeness (QED) is 0.485. The molecule has 22 heavy (non-hydrogen) atoms. The van der Waals surface area contributed by atoms with Crippen LogP contribution < -0.4 is 0 Å². The Balaban J connectivity index is 4.81. The van der Waals surface area contributed by atoms with Crippen molar-refractivity contribution in [1.29, 1.82) is 0 Å². The summed E-state index contributed by atoms with van der Waals surface area (Å²) in [6.07, 6.45) is -11.9. The van der Waals surface area contributed by atoms with Gasteiger partial charge in [0.25, 0.3) is 0 Å². The Kier molecular flexibility index (Phi) is 6.34. The van der Waals surface area contributed by atoms with Crippen molar-refractivity contribution in [2.45, 2.75) is 43.7 Å². The zero-order chi connectivity index (χ0) is 18.0. The molecule has 0 aliphatic heterocycles. The summed E-state index contributed by atoms with van der Waals surface area (Å²) in [5.41, 5.74) is 0. The molecule has 0 heterocycles. The van der Waals surface area contributed by atoms with Crippen LogP contribution in [0, 0.1) is 0 Å². The van der Waals surface area contributed by atoms with E-state index in [4.69, 9.17) is 0 Å². The highest BCUT2D eigenvalue weighted by Crippen LogP contribution is 2.38. The second-order valence-corrected chi connectivity index (χ2v) is 8.02. The average Bonchev–Trinajstić information content (AvgIpc) is 2.31. The van der Waals surface area contributed by atoms with E-state index in [-0.39, 0.29) is 0 Å². The number of hydrogen-bond acceptors (Lipinski definition) is 2. The first-order valence-electron chi connectivity index (χ1n) is 5.64. The lowest BCUT2D eigenvalue weighted by Gasteiger charge is -2.30. The van der Waals surface area contributed by atoms with Gasteiger partial charge in [-0.15, -0.1) is 0 Å². The molecule has 0 aliphatic carbocycles. The van der Waals surface area contributed by atoms with Crippen LogP contribution in [0.2, 0.25) is 12.6 Å². The summed E-state index contributed by atoms with van der Waals surface area (Å²) in [5, 5.41) is 0. The van der Waals surface area contributed by atoms with E-state index in [0.717, 1.165) is 13.5 Å². The molecular weight excluding hydrogens is 358 g/mol. The molecule has 0 saturated carbocycles. The average molecular weight is 370 g/mol. The van der Waals surface area contributed by atoms with E-state index in [1.54, 1.807) is 0 Å². The van der Waals surface area contributed by atoms with Gasteiger partial charge in [-0.2, -0.15) is 43.9 Å². The molecule has 0 amide bonds. The molecule has 0 rings (SSSR count). The fraction of sp³-hybridized carbons (Fsp3) is 1.00. The zero-order valence-corrected chi connectivity index (χ0v) is 12.2. The number of hydrogen-bond donors (Lipinski definition) is 0. The smallest absolute Gasteiger partial charge is 0.388 e. The maximum atomic E-state index is 12.6. The minimum absolute atomic E-state index is 0.408. The Morgan fingerprint density at radius 1 is 0.682 bits per heavy atom. The third kappa shape index (κ3) is 5.57. The molecule has 0 saturated heterocycles. The van der Waals surface area contributed by atoms with Crippen molar-refractivity contribution in [3.05, 3.63) is 0 Å². The monoisotopic (exact) mass is 370 g/mol. The first kappa shape index (κ1) is 21.4.